The number of aliphatic hydroxyl groups excluding tert-OH is 1. The van der Waals surface area contributed by atoms with E-state index in [0.29, 0.717) is 0 Å². The van der Waals surface area contributed by atoms with Crippen LogP contribution < -0.4 is 4.90 Å². The minimum absolute atomic E-state index is 0.0649. The number of aliphatic hydroxyl groups is 1. The largest absolute Gasteiger partial charge is 0.393 e. The minimum Gasteiger partial charge on any atom is -0.393 e. The normalized spacial score (nSPS) is 23.0. The standard InChI is InChI=1S/C14H21N5O/c1-14(2)6-10(20)4-5-19(8-14)13-11-7-17-18(3)12(11)15-9-16-13/h7,9-10,20H,4-6,8H2,1-3H3. The highest BCUT2D eigenvalue weighted by Crippen LogP contribution is 2.32. The van der Waals surface area contributed by atoms with Gasteiger partial charge in [0.2, 0.25) is 0 Å². The second-order valence-electron chi connectivity index (χ2n) is 6.44. The van der Waals surface area contributed by atoms with E-state index in [1.165, 1.54) is 0 Å². The van der Waals surface area contributed by atoms with Crippen molar-refractivity contribution in [2.24, 2.45) is 12.5 Å². The number of nitrogens with zero attached hydrogens (tertiary/aromatic N) is 5. The lowest BCUT2D eigenvalue weighted by Crippen LogP contribution is -2.33. The molecule has 2 aromatic rings. The molecule has 0 saturated carbocycles. The van der Waals surface area contributed by atoms with Crippen LogP contribution in [0.4, 0.5) is 5.82 Å². The maximum Gasteiger partial charge on any atom is 0.163 e. The Balaban J connectivity index is 2.01. The molecule has 2 aromatic heterocycles. The van der Waals surface area contributed by atoms with E-state index in [4.69, 9.17) is 0 Å². The molecule has 20 heavy (non-hydrogen) atoms. The van der Waals surface area contributed by atoms with Gasteiger partial charge in [-0.05, 0) is 18.3 Å². The van der Waals surface area contributed by atoms with Gasteiger partial charge >= 0.3 is 0 Å². The summed E-state index contributed by atoms with van der Waals surface area (Å²) in [6.07, 6.45) is 4.77. The van der Waals surface area contributed by atoms with Crippen molar-refractivity contribution in [1.29, 1.82) is 0 Å². The Morgan fingerprint density at radius 1 is 1.35 bits per heavy atom. The van der Waals surface area contributed by atoms with Crippen LogP contribution in [0.5, 0.6) is 0 Å². The van der Waals surface area contributed by atoms with Gasteiger partial charge in [-0.15, -0.1) is 0 Å². The van der Waals surface area contributed by atoms with Crippen molar-refractivity contribution in [3.8, 4) is 0 Å². The van der Waals surface area contributed by atoms with Crippen molar-refractivity contribution in [2.75, 3.05) is 18.0 Å². The molecular formula is C14H21N5O. The highest BCUT2D eigenvalue weighted by atomic mass is 16.3. The van der Waals surface area contributed by atoms with Crippen LogP contribution in [-0.2, 0) is 7.05 Å². The topological polar surface area (TPSA) is 67.1 Å². The van der Waals surface area contributed by atoms with Crippen LogP contribution >= 0.6 is 0 Å². The summed E-state index contributed by atoms with van der Waals surface area (Å²) in [7, 11) is 1.88. The summed E-state index contributed by atoms with van der Waals surface area (Å²) in [6, 6.07) is 0. The van der Waals surface area contributed by atoms with Crippen LogP contribution in [0.2, 0.25) is 0 Å². The number of anilines is 1. The summed E-state index contributed by atoms with van der Waals surface area (Å²) in [5.41, 5.74) is 0.910. The van der Waals surface area contributed by atoms with Gasteiger partial charge in [0.15, 0.2) is 5.65 Å². The molecule has 0 aliphatic carbocycles. The first kappa shape index (κ1) is 13.3. The Hall–Kier alpha value is -1.69. The van der Waals surface area contributed by atoms with Gasteiger partial charge in [0.1, 0.15) is 12.1 Å². The molecule has 1 unspecified atom stereocenters. The number of hydrogen-bond donors (Lipinski definition) is 1. The Bertz CT molecular complexity index is 621. The van der Waals surface area contributed by atoms with E-state index < -0.39 is 0 Å². The zero-order valence-corrected chi connectivity index (χ0v) is 12.2. The van der Waals surface area contributed by atoms with Crippen LogP contribution in [0, 0.1) is 5.41 Å². The fourth-order valence-corrected chi connectivity index (χ4v) is 3.09. The summed E-state index contributed by atoms with van der Waals surface area (Å²) in [5, 5.41) is 15.3. The predicted molar refractivity (Wildman–Crippen MR) is 77.5 cm³/mol. The quantitative estimate of drug-likeness (QED) is 0.851. The van der Waals surface area contributed by atoms with Gasteiger partial charge < -0.3 is 10.0 Å². The van der Waals surface area contributed by atoms with Crippen LogP contribution in [0.1, 0.15) is 26.7 Å². The second kappa shape index (κ2) is 4.70. The van der Waals surface area contributed by atoms with Gasteiger partial charge in [-0.2, -0.15) is 5.10 Å². The molecule has 1 fully saturated rings. The van der Waals surface area contributed by atoms with E-state index in [0.717, 1.165) is 42.8 Å². The fourth-order valence-electron chi connectivity index (χ4n) is 3.09. The highest BCUT2D eigenvalue weighted by Gasteiger charge is 2.30. The third-order valence-corrected chi connectivity index (χ3v) is 3.95. The van der Waals surface area contributed by atoms with Gasteiger partial charge in [-0.1, -0.05) is 13.8 Å². The fraction of sp³-hybridized carbons (Fsp3) is 0.643. The van der Waals surface area contributed by atoms with Crippen molar-refractivity contribution in [2.45, 2.75) is 32.8 Å². The molecule has 108 valence electrons. The van der Waals surface area contributed by atoms with E-state index in [1.54, 1.807) is 11.0 Å². The van der Waals surface area contributed by atoms with E-state index >= 15 is 0 Å². The minimum atomic E-state index is -0.235. The molecule has 0 aromatic carbocycles. The zero-order chi connectivity index (χ0) is 14.3. The van der Waals surface area contributed by atoms with Crippen LogP contribution in [0.15, 0.2) is 12.5 Å². The third-order valence-electron chi connectivity index (χ3n) is 3.95. The lowest BCUT2D eigenvalue weighted by atomic mass is 9.87. The first-order valence-corrected chi connectivity index (χ1v) is 7.02. The van der Waals surface area contributed by atoms with Gasteiger partial charge in [-0.3, -0.25) is 4.68 Å². The molecule has 1 saturated heterocycles. The first-order valence-electron chi connectivity index (χ1n) is 7.02. The Kier molecular flexibility index (Phi) is 3.12. The van der Waals surface area contributed by atoms with E-state index in [-0.39, 0.29) is 11.5 Å². The second-order valence-corrected chi connectivity index (χ2v) is 6.44. The summed E-state index contributed by atoms with van der Waals surface area (Å²) in [4.78, 5) is 11.0. The molecule has 1 aliphatic rings. The van der Waals surface area contributed by atoms with Gasteiger partial charge in [-0.25, -0.2) is 9.97 Å². The summed E-state index contributed by atoms with van der Waals surface area (Å²) in [6.45, 7) is 6.07. The molecular weight excluding hydrogens is 254 g/mol. The molecule has 0 spiro atoms. The molecule has 0 radical (unpaired) electrons. The Morgan fingerprint density at radius 2 is 2.15 bits per heavy atom. The maximum atomic E-state index is 10.0. The number of fused-ring (bicyclic) bond motifs is 1. The lowest BCUT2D eigenvalue weighted by molar-refractivity contribution is 0.123. The monoisotopic (exact) mass is 275 g/mol. The Labute approximate surface area is 118 Å². The molecule has 6 heteroatoms. The molecule has 1 aliphatic heterocycles. The van der Waals surface area contributed by atoms with Gasteiger partial charge in [0.05, 0.1) is 17.7 Å². The molecule has 3 rings (SSSR count). The van der Waals surface area contributed by atoms with Crippen LogP contribution in [0.3, 0.4) is 0 Å². The molecule has 6 nitrogen and oxygen atoms in total. The number of aryl methyl sites for hydroxylation is 1. The number of aromatic nitrogens is 4. The first-order chi connectivity index (χ1) is 9.46. The number of hydrogen-bond acceptors (Lipinski definition) is 5. The molecule has 1 atom stereocenters. The van der Waals surface area contributed by atoms with E-state index in [9.17, 15) is 5.11 Å². The summed E-state index contributed by atoms with van der Waals surface area (Å²) in [5.74, 6) is 0.922. The smallest absolute Gasteiger partial charge is 0.163 e. The van der Waals surface area contributed by atoms with Gasteiger partial charge in [0.25, 0.3) is 0 Å². The lowest BCUT2D eigenvalue weighted by Gasteiger charge is -2.30. The van der Waals surface area contributed by atoms with Crippen molar-refractivity contribution >= 4 is 16.9 Å². The van der Waals surface area contributed by atoms with Crippen molar-refractivity contribution in [3.05, 3.63) is 12.5 Å². The van der Waals surface area contributed by atoms with Crippen LogP contribution in [0.25, 0.3) is 11.0 Å². The SMILES string of the molecule is Cn1ncc2c(N3CCC(O)CC(C)(C)C3)ncnc21. The molecule has 0 amide bonds. The third kappa shape index (κ3) is 2.35. The highest BCUT2D eigenvalue weighted by molar-refractivity contribution is 5.86. The van der Waals surface area contributed by atoms with Crippen molar-refractivity contribution in [3.63, 3.8) is 0 Å². The van der Waals surface area contributed by atoms with Crippen molar-refractivity contribution in [1.82, 2.24) is 19.7 Å². The maximum absolute atomic E-state index is 10.0. The van der Waals surface area contributed by atoms with E-state index in [2.05, 4.69) is 33.8 Å². The van der Waals surface area contributed by atoms with Crippen molar-refractivity contribution < 1.29 is 5.11 Å². The molecule has 0 bridgehead atoms. The average molecular weight is 275 g/mol. The Morgan fingerprint density at radius 3 is 2.95 bits per heavy atom. The van der Waals surface area contributed by atoms with E-state index in [1.807, 2.05) is 13.2 Å². The van der Waals surface area contributed by atoms with Gasteiger partial charge in [0, 0.05) is 20.1 Å². The average Bonchev–Trinajstić information content (AvgIpc) is 2.69. The zero-order valence-electron chi connectivity index (χ0n) is 12.2. The summed E-state index contributed by atoms with van der Waals surface area (Å²) < 4.78 is 1.76. The predicted octanol–water partition coefficient (Wildman–Crippen LogP) is 1.35. The molecule has 1 N–H and O–H groups in total. The summed E-state index contributed by atoms with van der Waals surface area (Å²) >= 11 is 0. The molecule has 3 heterocycles. The van der Waals surface area contributed by atoms with Crippen LogP contribution in [-0.4, -0.2) is 44.0 Å². The number of rotatable bonds is 1.